The third-order valence-corrected chi connectivity index (χ3v) is 3.13. The van der Waals surface area contributed by atoms with Crippen molar-refractivity contribution in [1.29, 1.82) is 0 Å². The summed E-state index contributed by atoms with van der Waals surface area (Å²) in [6.45, 7) is 1.63. The van der Waals surface area contributed by atoms with Gasteiger partial charge in [0, 0.05) is 19.0 Å². The number of amides is 1. The first-order valence-corrected chi connectivity index (χ1v) is 6.31. The van der Waals surface area contributed by atoms with Crippen LogP contribution in [0.25, 0.3) is 0 Å². The fourth-order valence-corrected chi connectivity index (χ4v) is 1.79. The summed E-state index contributed by atoms with van der Waals surface area (Å²) in [7, 11) is 0. The molecule has 1 aromatic rings. The molecule has 0 spiro atoms. The van der Waals surface area contributed by atoms with E-state index in [1.807, 2.05) is 0 Å². The molecule has 7 heteroatoms. The van der Waals surface area contributed by atoms with Crippen LogP contribution in [0.15, 0.2) is 9.59 Å². The van der Waals surface area contributed by atoms with E-state index in [0.29, 0.717) is 18.9 Å². The van der Waals surface area contributed by atoms with Gasteiger partial charge in [-0.3, -0.25) is 19.1 Å². The first kappa shape index (κ1) is 13.4. The van der Waals surface area contributed by atoms with Gasteiger partial charge >= 0.3 is 5.69 Å². The molecule has 1 fully saturated rings. The Morgan fingerprint density at radius 3 is 2.79 bits per heavy atom. The SMILES string of the molecule is Cc1c(O)n(CCCC(=O)NC2CC2)c(=O)[nH]c1=O. The van der Waals surface area contributed by atoms with Crippen LogP contribution in [-0.2, 0) is 11.3 Å². The van der Waals surface area contributed by atoms with E-state index in [-0.39, 0.29) is 23.9 Å². The first-order valence-electron chi connectivity index (χ1n) is 6.31. The molecule has 7 nitrogen and oxygen atoms in total. The van der Waals surface area contributed by atoms with Gasteiger partial charge < -0.3 is 10.4 Å². The molecular weight excluding hydrogens is 250 g/mol. The topological polar surface area (TPSA) is 104 Å². The second-order valence-electron chi connectivity index (χ2n) is 4.80. The number of aromatic amines is 1. The molecule has 0 saturated heterocycles. The molecule has 3 N–H and O–H groups in total. The lowest BCUT2D eigenvalue weighted by atomic mass is 10.2. The second kappa shape index (κ2) is 5.29. The van der Waals surface area contributed by atoms with Gasteiger partial charge in [0.2, 0.25) is 11.8 Å². The predicted octanol–water partition coefficient (Wildman–Crippen LogP) is -0.391. The molecule has 0 atom stereocenters. The second-order valence-corrected chi connectivity index (χ2v) is 4.80. The molecule has 1 aromatic heterocycles. The van der Waals surface area contributed by atoms with Crippen molar-refractivity contribution < 1.29 is 9.90 Å². The van der Waals surface area contributed by atoms with Crippen molar-refractivity contribution in [2.24, 2.45) is 0 Å². The Morgan fingerprint density at radius 2 is 2.16 bits per heavy atom. The highest BCUT2D eigenvalue weighted by atomic mass is 16.3. The zero-order chi connectivity index (χ0) is 14.0. The van der Waals surface area contributed by atoms with Crippen molar-refractivity contribution in [1.82, 2.24) is 14.9 Å². The van der Waals surface area contributed by atoms with Crippen molar-refractivity contribution in [3.8, 4) is 5.88 Å². The molecule has 1 aliphatic rings. The van der Waals surface area contributed by atoms with Crippen molar-refractivity contribution in [3.05, 3.63) is 26.4 Å². The fourth-order valence-electron chi connectivity index (χ4n) is 1.79. The quantitative estimate of drug-likeness (QED) is 0.675. The summed E-state index contributed by atoms with van der Waals surface area (Å²) in [4.78, 5) is 36.3. The van der Waals surface area contributed by atoms with Crippen LogP contribution in [0.4, 0.5) is 0 Å². The van der Waals surface area contributed by atoms with Crippen molar-refractivity contribution >= 4 is 5.91 Å². The number of rotatable bonds is 5. The highest BCUT2D eigenvalue weighted by Gasteiger charge is 2.22. The summed E-state index contributed by atoms with van der Waals surface area (Å²) < 4.78 is 1.07. The number of nitrogens with one attached hydrogen (secondary N) is 2. The van der Waals surface area contributed by atoms with E-state index in [1.54, 1.807) is 0 Å². The van der Waals surface area contributed by atoms with E-state index in [0.717, 1.165) is 17.4 Å². The average molecular weight is 267 g/mol. The maximum Gasteiger partial charge on any atom is 0.331 e. The highest BCUT2D eigenvalue weighted by molar-refractivity contribution is 5.76. The van der Waals surface area contributed by atoms with Gasteiger partial charge in [0.1, 0.15) is 0 Å². The summed E-state index contributed by atoms with van der Waals surface area (Å²) in [6.07, 6.45) is 2.79. The number of hydrogen-bond donors (Lipinski definition) is 3. The molecule has 1 heterocycles. The van der Waals surface area contributed by atoms with Crippen LogP contribution in [0.1, 0.15) is 31.2 Å². The minimum absolute atomic E-state index is 0.0452. The van der Waals surface area contributed by atoms with Gasteiger partial charge in [-0.2, -0.15) is 0 Å². The van der Waals surface area contributed by atoms with Crippen LogP contribution in [0, 0.1) is 6.92 Å². The van der Waals surface area contributed by atoms with E-state index < -0.39 is 11.2 Å². The lowest BCUT2D eigenvalue weighted by molar-refractivity contribution is -0.121. The molecule has 0 aromatic carbocycles. The molecule has 0 bridgehead atoms. The first-order chi connectivity index (χ1) is 8.99. The van der Waals surface area contributed by atoms with Crippen molar-refractivity contribution in [3.63, 3.8) is 0 Å². The zero-order valence-electron chi connectivity index (χ0n) is 10.7. The number of aromatic nitrogens is 2. The predicted molar refractivity (Wildman–Crippen MR) is 68.1 cm³/mol. The molecule has 104 valence electrons. The van der Waals surface area contributed by atoms with Crippen LogP contribution >= 0.6 is 0 Å². The van der Waals surface area contributed by atoms with E-state index in [9.17, 15) is 19.5 Å². The maximum absolute atomic E-state index is 11.5. The smallest absolute Gasteiger partial charge is 0.331 e. The molecular formula is C12H17N3O4. The Hall–Kier alpha value is -2.05. The Labute approximate surface area is 109 Å². The number of nitrogens with zero attached hydrogens (tertiary/aromatic N) is 1. The van der Waals surface area contributed by atoms with Gasteiger partial charge in [0.25, 0.3) is 5.56 Å². The summed E-state index contributed by atoms with van der Waals surface area (Å²) in [5.74, 6) is -0.382. The summed E-state index contributed by atoms with van der Waals surface area (Å²) in [5.41, 5.74) is -1.15. The van der Waals surface area contributed by atoms with Crippen LogP contribution in [0.3, 0.4) is 0 Å². The highest BCUT2D eigenvalue weighted by Crippen LogP contribution is 2.18. The Kier molecular flexibility index (Phi) is 3.73. The number of aromatic hydroxyl groups is 1. The van der Waals surface area contributed by atoms with Crippen molar-refractivity contribution in [2.45, 2.75) is 45.2 Å². The van der Waals surface area contributed by atoms with E-state index >= 15 is 0 Å². The Morgan fingerprint density at radius 1 is 1.47 bits per heavy atom. The molecule has 0 aliphatic heterocycles. The average Bonchev–Trinajstić information content (AvgIpc) is 3.14. The van der Waals surface area contributed by atoms with Crippen LogP contribution in [0.2, 0.25) is 0 Å². The van der Waals surface area contributed by atoms with E-state index in [4.69, 9.17) is 0 Å². The number of carbonyl (C=O) groups excluding carboxylic acids is 1. The molecule has 1 aliphatic carbocycles. The van der Waals surface area contributed by atoms with Gasteiger partial charge in [0.15, 0.2) is 0 Å². The lowest BCUT2D eigenvalue weighted by Crippen LogP contribution is -2.32. The molecule has 0 radical (unpaired) electrons. The minimum Gasteiger partial charge on any atom is -0.494 e. The molecule has 0 unspecified atom stereocenters. The summed E-state index contributed by atoms with van der Waals surface area (Å²) in [6, 6.07) is 0.318. The normalized spacial score (nSPS) is 14.4. The minimum atomic E-state index is -0.657. The summed E-state index contributed by atoms with van der Waals surface area (Å²) >= 11 is 0. The Bertz CT molecular complexity index is 598. The molecule has 1 saturated carbocycles. The molecule has 2 rings (SSSR count). The number of H-pyrrole nitrogens is 1. The molecule has 19 heavy (non-hydrogen) atoms. The fraction of sp³-hybridized carbons (Fsp3) is 0.583. The van der Waals surface area contributed by atoms with E-state index in [2.05, 4.69) is 10.3 Å². The van der Waals surface area contributed by atoms with Gasteiger partial charge in [-0.25, -0.2) is 4.79 Å². The van der Waals surface area contributed by atoms with Gasteiger partial charge in [-0.15, -0.1) is 0 Å². The van der Waals surface area contributed by atoms with Gasteiger partial charge in [-0.1, -0.05) is 0 Å². The standard InChI is InChI=1S/C12H17N3O4/c1-7-10(17)14-12(19)15(11(7)18)6-2-3-9(16)13-8-4-5-8/h8,18H,2-6H2,1H3,(H,13,16)(H,14,17,19). The van der Waals surface area contributed by atoms with Crippen LogP contribution < -0.4 is 16.6 Å². The number of carbonyl (C=O) groups is 1. The maximum atomic E-state index is 11.5. The number of hydrogen-bond acceptors (Lipinski definition) is 4. The third-order valence-electron chi connectivity index (χ3n) is 3.13. The lowest BCUT2D eigenvalue weighted by Gasteiger charge is -2.09. The van der Waals surface area contributed by atoms with Gasteiger partial charge in [0.05, 0.1) is 5.56 Å². The van der Waals surface area contributed by atoms with Gasteiger partial charge in [-0.05, 0) is 26.2 Å². The van der Waals surface area contributed by atoms with Crippen molar-refractivity contribution in [2.75, 3.05) is 0 Å². The Balaban J connectivity index is 1.95. The largest absolute Gasteiger partial charge is 0.494 e. The molecule has 1 amide bonds. The van der Waals surface area contributed by atoms with Crippen LogP contribution in [-0.4, -0.2) is 26.6 Å². The third kappa shape index (κ3) is 3.24. The van der Waals surface area contributed by atoms with Crippen LogP contribution in [0.5, 0.6) is 5.88 Å². The summed E-state index contributed by atoms with van der Waals surface area (Å²) in [5, 5.41) is 12.6. The zero-order valence-corrected chi connectivity index (χ0v) is 10.7. The monoisotopic (exact) mass is 267 g/mol. The van der Waals surface area contributed by atoms with E-state index in [1.165, 1.54) is 6.92 Å².